The fourth-order valence-corrected chi connectivity index (χ4v) is 2.58. The zero-order valence-corrected chi connectivity index (χ0v) is 15.5. The van der Waals surface area contributed by atoms with Gasteiger partial charge in [-0.05, 0) is 60.7 Å². The van der Waals surface area contributed by atoms with E-state index in [1.165, 1.54) is 4.90 Å². The Hall–Kier alpha value is -3.05. The van der Waals surface area contributed by atoms with Crippen molar-refractivity contribution >= 4 is 23.3 Å². The standard InChI is InChI=1S/C21H18ClNO4/c1-23(13-19-3-2-12-26-19)20(24)14-27-18-10-6-16(7-11-18)21(25)15-4-8-17(22)9-5-15/h2-12H,13-14H2,1H3. The molecule has 0 fully saturated rings. The molecular formula is C21H18ClNO4. The van der Waals surface area contributed by atoms with E-state index in [2.05, 4.69) is 0 Å². The molecular weight excluding hydrogens is 366 g/mol. The summed E-state index contributed by atoms with van der Waals surface area (Å²) in [6.07, 6.45) is 1.57. The fourth-order valence-electron chi connectivity index (χ4n) is 2.45. The average molecular weight is 384 g/mol. The molecule has 0 aliphatic heterocycles. The van der Waals surface area contributed by atoms with Gasteiger partial charge in [-0.25, -0.2) is 0 Å². The molecule has 0 atom stereocenters. The van der Waals surface area contributed by atoms with Crippen molar-refractivity contribution in [2.45, 2.75) is 6.54 Å². The second kappa shape index (κ2) is 8.56. The molecule has 1 heterocycles. The molecule has 5 nitrogen and oxygen atoms in total. The van der Waals surface area contributed by atoms with Crippen molar-refractivity contribution in [1.29, 1.82) is 0 Å². The number of likely N-dealkylation sites (N-methyl/N-ethyl adjacent to an activating group) is 1. The Bertz CT molecular complexity index is 902. The van der Waals surface area contributed by atoms with E-state index in [1.54, 1.807) is 74.0 Å². The number of nitrogens with zero attached hydrogens (tertiary/aromatic N) is 1. The lowest BCUT2D eigenvalue weighted by atomic mass is 10.0. The Morgan fingerprint density at radius 2 is 1.63 bits per heavy atom. The molecule has 0 saturated carbocycles. The highest BCUT2D eigenvalue weighted by Crippen LogP contribution is 2.17. The summed E-state index contributed by atoms with van der Waals surface area (Å²) in [6, 6.07) is 17.0. The summed E-state index contributed by atoms with van der Waals surface area (Å²) < 4.78 is 10.7. The van der Waals surface area contributed by atoms with Crippen LogP contribution in [0, 0.1) is 0 Å². The Kier molecular flexibility index (Phi) is 5.94. The van der Waals surface area contributed by atoms with Gasteiger partial charge in [-0.15, -0.1) is 0 Å². The molecule has 27 heavy (non-hydrogen) atoms. The molecule has 3 aromatic rings. The molecule has 0 unspecified atom stereocenters. The van der Waals surface area contributed by atoms with E-state index in [0.29, 0.717) is 34.2 Å². The summed E-state index contributed by atoms with van der Waals surface area (Å²) in [5, 5.41) is 0.581. The number of carbonyl (C=O) groups is 2. The molecule has 0 bridgehead atoms. The maximum absolute atomic E-state index is 12.4. The lowest BCUT2D eigenvalue weighted by Gasteiger charge is -2.16. The Morgan fingerprint density at radius 1 is 1.00 bits per heavy atom. The third kappa shape index (κ3) is 4.99. The third-order valence-electron chi connectivity index (χ3n) is 3.98. The molecule has 0 saturated heterocycles. The van der Waals surface area contributed by atoms with Crippen LogP contribution in [0.3, 0.4) is 0 Å². The Balaban J connectivity index is 1.55. The van der Waals surface area contributed by atoms with E-state index >= 15 is 0 Å². The molecule has 1 aromatic heterocycles. The number of furan rings is 1. The molecule has 0 aliphatic carbocycles. The molecule has 0 spiro atoms. The van der Waals surface area contributed by atoms with Gasteiger partial charge in [-0.3, -0.25) is 9.59 Å². The zero-order valence-electron chi connectivity index (χ0n) is 14.7. The van der Waals surface area contributed by atoms with Crippen molar-refractivity contribution < 1.29 is 18.7 Å². The first kappa shape index (κ1) is 18.7. The number of ketones is 1. The van der Waals surface area contributed by atoms with E-state index in [4.69, 9.17) is 20.8 Å². The van der Waals surface area contributed by atoms with Gasteiger partial charge in [0.2, 0.25) is 0 Å². The maximum Gasteiger partial charge on any atom is 0.260 e. The minimum Gasteiger partial charge on any atom is -0.484 e. The summed E-state index contributed by atoms with van der Waals surface area (Å²) in [6.45, 7) is 0.283. The monoisotopic (exact) mass is 383 g/mol. The van der Waals surface area contributed by atoms with Crippen LogP contribution in [0.25, 0.3) is 0 Å². The van der Waals surface area contributed by atoms with Crippen LogP contribution in [0.5, 0.6) is 5.75 Å². The van der Waals surface area contributed by atoms with Crippen LogP contribution in [0.2, 0.25) is 5.02 Å². The molecule has 0 N–H and O–H groups in total. The van der Waals surface area contributed by atoms with Crippen LogP contribution in [-0.4, -0.2) is 30.2 Å². The maximum atomic E-state index is 12.4. The Morgan fingerprint density at radius 3 is 2.22 bits per heavy atom. The number of benzene rings is 2. The highest BCUT2D eigenvalue weighted by molar-refractivity contribution is 6.30. The third-order valence-corrected chi connectivity index (χ3v) is 4.24. The number of rotatable bonds is 7. The predicted molar refractivity (Wildman–Crippen MR) is 102 cm³/mol. The number of halogens is 1. The average Bonchev–Trinajstić information content (AvgIpc) is 3.19. The van der Waals surface area contributed by atoms with Crippen LogP contribution in [0.15, 0.2) is 71.3 Å². The van der Waals surface area contributed by atoms with Crippen LogP contribution in [0.1, 0.15) is 21.7 Å². The van der Waals surface area contributed by atoms with Crippen LogP contribution in [0.4, 0.5) is 0 Å². The second-order valence-electron chi connectivity index (χ2n) is 5.98. The summed E-state index contributed by atoms with van der Waals surface area (Å²) in [5.41, 5.74) is 1.09. The molecule has 0 aliphatic rings. The first-order valence-corrected chi connectivity index (χ1v) is 8.70. The lowest BCUT2D eigenvalue weighted by molar-refractivity contribution is -0.132. The second-order valence-corrected chi connectivity index (χ2v) is 6.41. The molecule has 2 aromatic carbocycles. The minimum absolute atomic E-state index is 0.0955. The topological polar surface area (TPSA) is 59.8 Å². The molecule has 6 heteroatoms. The van der Waals surface area contributed by atoms with Gasteiger partial charge in [0.15, 0.2) is 12.4 Å². The largest absolute Gasteiger partial charge is 0.484 e. The van der Waals surface area contributed by atoms with E-state index in [1.807, 2.05) is 0 Å². The van der Waals surface area contributed by atoms with E-state index in [-0.39, 0.29) is 18.3 Å². The quantitative estimate of drug-likeness (QED) is 0.574. The first-order valence-electron chi connectivity index (χ1n) is 8.32. The van der Waals surface area contributed by atoms with Crippen molar-refractivity contribution in [3.63, 3.8) is 0 Å². The fraction of sp³-hybridized carbons (Fsp3) is 0.143. The van der Waals surface area contributed by atoms with Crippen molar-refractivity contribution in [2.24, 2.45) is 0 Å². The summed E-state index contributed by atoms with van der Waals surface area (Å²) in [7, 11) is 1.68. The number of hydrogen-bond donors (Lipinski definition) is 0. The summed E-state index contributed by atoms with van der Waals surface area (Å²) in [4.78, 5) is 26.1. The van der Waals surface area contributed by atoms with Crippen LogP contribution in [-0.2, 0) is 11.3 Å². The highest BCUT2D eigenvalue weighted by atomic mass is 35.5. The highest BCUT2D eigenvalue weighted by Gasteiger charge is 2.12. The summed E-state index contributed by atoms with van der Waals surface area (Å²) >= 11 is 5.84. The number of hydrogen-bond acceptors (Lipinski definition) is 4. The van der Waals surface area contributed by atoms with Crippen molar-refractivity contribution in [3.8, 4) is 5.75 Å². The predicted octanol–water partition coefficient (Wildman–Crippen LogP) is 4.20. The number of ether oxygens (including phenoxy) is 1. The van der Waals surface area contributed by atoms with Crippen molar-refractivity contribution in [3.05, 3.63) is 88.8 Å². The molecule has 1 amide bonds. The van der Waals surface area contributed by atoms with Gasteiger partial charge in [-0.2, -0.15) is 0 Å². The van der Waals surface area contributed by atoms with Crippen LogP contribution >= 0.6 is 11.6 Å². The van der Waals surface area contributed by atoms with Gasteiger partial charge < -0.3 is 14.1 Å². The SMILES string of the molecule is CN(Cc1ccco1)C(=O)COc1ccc(C(=O)c2ccc(Cl)cc2)cc1. The van der Waals surface area contributed by atoms with Gasteiger partial charge in [0.25, 0.3) is 5.91 Å². The zero-order chi connectivity index (χ0) is 19.2. The normalized spacial score (nSPS) is 10.4. The first-order chi connectivity index (χ1) is 13.0. The minimum atomic E-state index is -0.173. The van der Waals surface area contributed by atoms with E-state index in [0.717, 1.165) is 0 Å². The van der Waals surface area contributed by atoms with Gasteiger partial charge in [0.05, 0.1) is 12.8 Å². The van der Waals surface area contributed by atoms with Crippen molar-refractivity contribution in [2.75, 3.05) is 13.7 Å². The molecule has 138 valence electrons. The van der Waals surface area contributed by atoms with Gasteiger partial charge in [-0.1, -0.05) is 11.6 Å². The number of amides is 1. The van der Waals surface area contributed by atoms with Gasteiger partial charge >= 0.3 is 0 Å². The Labute approximate surface area is 162 Å². The number of carbonyl (C=O) groups excluding carboxylic acids is 2. The van der Waals surface area contributed by atoms with Gasteiger partial charge in [0, 0.05) is 23.2 Å². The van der Waals surface area contributed by atoms with E-state index < -0.39 is 0 Å². The van der Waals surface area contributed by atoms with Crippen molar-refractivity contribution in [1.82, 2.24) is 4.90 Å². The lowest BCUT2D eigenvalue weighted by Crippen LogP contribution is -2.30. The molecule has 0 radical (unpaired) electrons. The summed E-state index contributed by atoms with van der Waals surface area (Å²) in [5.74, 6) is 0.943. The smallest absolute Gasteiger partial charge is 0.260 e. The van der Waals surface area contributed by atoms with Crippen LogP contribution < -0.4 is 4.74 Å². The van der Waals surface area contributed by atoms with Gasteiger partial charge in [0.1, 0.15) is 11.5 Å². The van der Waals surface area contributed by atoms with E-state index in [9.17, 15) is 9.59 Å². The molecule has 3 rings (SSSR count).